The van der Waals surface area contributed by atoms with Crippen molar-refractivity contribution in [2.45, 2.75) is 32.7 Å². The van der Waals surface area contributed by atoms with Crippen LogP contribution in [0.25, 0.3) is 22.2 Å². The largest absolute Gasteiger partial charge is 0.367 e. The van der Waals surface area contributed by atoms with Crippen LogP contribution in [0.5, 0.6) is 0 Å². The number of ether oxygens (including phenoxy) is 1. The van der Waals surface area contributed by atoms with Crippen molar-refractivity contribution in [2.24, 2.45) is 7.05 Å². The highest BCUT2D eigenvalue weighted by molar-refractivity contribution is 5.83. The van der Waals surface area contributed by atoms with E-state index < -0.39 is 0 Å². The lowest BCUT2D eigenvalue weighted by atomic mass is 10.1. The lowest BCUT2D eigenvalue weighted by Crippen LogP contribution is -2.35. The van der Waals surface area contributed by atoms with Crippen LogP contribution in [-0.4, -0.2) is 26.8 Å². The molecule has 0 aliphatic carbocycles. The van der Waals surface area contributed by atoms with E-state index in [9.17, 15) is 0 Å². The minimum Gasteiger partial charge on any atom is -0.367 e. The first-order valence-electron chi connectivity index (χ1n) is 10.2. The van der Waals surface area contributed by atoms with Crippen molar-refractivity contribution in [1.82, 2.24) is 19.4 Å². The summed E-state index contributed by atoms with van der Waals surface area (Å²) < 4.78 is 10.5. The molecule has 148 valence electrons. The van der Waals surface area contributed by atoms with Gasteiger partial charge >= 0.3 is 0 Å². The zero-order valence-electron chi connectivity index (χ0n) is 16.9. The molecule has 1 N–H and O–H groups in total. The molecule has 0 saturated heterocycles. The fourth-order valence-corrected chi connectivity index (χ4v) is 4.11. The van der Waals surface area contributed by atoms with Gasteiger partial charge in [-0.2, -0.15) is 0 Å². The van der Waals surface area contributed by atoms with Gasteiger partial charge in [0.05, 0.1) is 18.3 Å². The first-order chi connectivity index (χ1) is 14.2. The van der Waals surface area contributed by atoms with Crippen molar-refractivity contribution >= 4 is 10.9 Å². The van der Waals surface area contributed by atoms with E-state index in [1.807, 2.05) is 0 Å². The van der Waals surface area contributed by atoms with E-state index >= 15 is 0 Å². The molecular weight excluding hydrogens is 360 g/mol. The number of benzene rings is 2. The number of aryl methyl sites for hydroxylation is 2. The Labute approximate surface area is 170 Å². The van der Waals surface area contributed by atoms with Crippen molar-refractivity contribution in [1.29, 1.82) is 0 Å². The number of nitrogens with zero attached hydrogens (tertiary/aromatic N) is 3. The van der Waals surface area contributed by atoms with E-state index in [1.165, 1.54) is 22.0 Å². The Balaban J connectivity index is 1.23. The lowest BCUT2D eigenvalue weighted by molar-refractivity contribution is 0.00279. The van der Waals surface area contributed by atoms with Crippen LogP contribution in [0, 0.1) is 6.92 Å². The maximum atomic E-state index is 6.05. The average molecular weight is 386 g/mol. The molecule has 5 nitrogen and oxygen atoms in total. The summed E-state index contributed by atoms with van der Waals surface area (Å²) in [6.07, 6.45) is 4.51. The molecule has 0 bridgehead atoms. The second-order valence-corrected chi connectivity index (χ2v) is 7.91. The molecule has 2 aromatic carbocycles. The molecule has 0 saturated carbocycles. The summed E-state index contributed by atoms with van der Waals surface area (Å²) in [5.74, 6) is 1.01. The van der Waals surface area contributed by atoms with Crippen LogP contribution in [-0.2, 0) is 31.5 Å². The number of para-hydroxylation sites is 1. The van der Waals surface area contributed by atoms with Gasteiger partial charge in [0.15, 0.2) is 0 Å². The van der Waals surface area contributed by atoms with E-state index in [0.717, 1.165) is 36.7 Å². The van der Waals surface area contributed by atoms with Gasteiger partial charge in [-0.05, 0) is 18.6 Å². The topological polar surface area (TPSA) is 44.0 Å². The maximum Gasteiger partial charge on any atom is 0.135 e. The van der Waals surface area contributed by atoms with E-state index in [1.54, 1.807) is 0 Å². The molecule has 1 atom stereocenters. The van der Waals surface area contributed by atoms with E-state index in [-0.39, 0.29) is 6.10 Å². The monoisotopic (exact) mass is 386 g/mol. The number of imidazole rings is 1. The Hall–Kier alpha value is -2.89. The predicted octanol–water partition coefficient (Wildman–Crippen LogP) is 4.04. The number of fused-ring (bicyclic) bond motifs is 2. The van der Waals surface area contributed by atoms with E-state index in [2.05, 4.69) is 89.3 Å². The summed E-state index contributed by atoms with van der Waals surface area (Å²) in [7, 11) is 2.10. The Bertz CT molecular complexity index is 1140. The molecule has 3 heterocycles. The molecule has 5 heteroatoms. The highest BCUT2D eigenvalue weighted by Gasteiger charge is 2.21. The number of hydrogen-bond acceptors (Lipinski definition) is 3. The molecule has 1 aliphatic rings. The fourth-order valence-electron chi connectivity index (χ4n) is 4.11. The number of hydrogen-bond donors (Lipinski definition) is 1. The van der Waals surface area contributed by atoms with Gasteiger partial charge in [0.2, 0.25) is 0 Å². The zero-order valence-corrected chi connectivity index (χ0v) is 16.9. The Morgan fingerprint density at radius 1 is 1.10 bits per heavy atom. The molecule has 5 rings (SSSR count). The first kappa shape index (κ1) is 18.2. The number of nitrogens with one attached hydrogen (secondary N) is 1. The first-order valence-corrected chi connectivity index (χ1v) is 10.2. The van der Waals surface area contributed by atoms with Crippen LogP contribution < -0.4 is 5.32 Å². The Morgan fingerprint density at radius 2 is 1.93 bits per heavy atom. The third-order valence-electron chi connectivity index (χ3n) is 5.72. The smallest absolute Gasteiger partial charge is 0.135 e. The summed E-state index contributed by atoms with van der Waals surface area (Å²) in [5.41, 5.74) is 6.03. The summed E-state index contributed by atoms with van der Waals surface area (Å²) in [5, 5.41) is 4.89. The molecule has 0 amide bonds. The van der Waals surface area contributed by atoms with Gasteiger partial charge in [-0.3, -0.25) is 0 Å². The van der Waals surface area contributed by atoms with Gasteiger partial charge in [-0.15, -0.1) is 0 Å². The second-order valence-electron chi connectivity index (χ2n) is 7.91. The van der Waals surface area contributed by atoms with Gasteiger partial charge in [-0.1, -0.05) is 48.0 Å². The van der Waals surface area contributed by atoms with Crippen molar-refractivity contribution in [3.05, 3.63) is 77.9 Å². The minimum atomic E-state index is 0.151. The van der Waals surface area contributed by atoms with Crippen LogP contribution in [0.4, 0.5) is 0 Å². The molecule has 4 aromatic rings. The Kier molecular flexibility index (Phi) is 4.70. The molecule has 0 fully saturated rings. The molecule has 0 radical (unpaired) electrons. The van der Waals surface area contributed by atoms with Gasteiger partial charge in [-0.25, -0.2) is 4.98 Å². The van der Waals surface area contributed by atoms with Crippen LogP contribution in [0.3, 0.4) is 0 Å². The van der Waals surface area contributed by atoms with Crippen LogP contribution in [0.15, 0.2) is 60.9 Å². The summed E-state index contributed by atoms with van der Waals surface area (Å²) in [6.45, 7) is 5.15. The number of aromatic nitrogens is 3. The van der Waals surface area contributed by atoms with E-state index in [4.69, 9.17) is 9.72 Å². The highest BCUT2D eigenvalue weighted by atomic mass is 16.5. The highest BCUT2D eigenvalue weighted by Crippen LogP contribution is 2.23. The molecule has 1 unspecified atom stereocenters. The SMILES string of the molecule is Cc1ccc(-c2cn3c(n2)COC(CNCc2cn(C)c4ccccc24)C3)cc1. The number of rotatable bonds is 5. The normalized spacial score (nSPS) is 16.3. The quantitative estimate of drug-likeness (QED) is 0.563. The summed E-state index contributed by atoms with van der Waals surface area (Å²) in [4.78, 5) is 4.76. The van der Waals surface area contributed by atoms with Crippen molar-refractivity contribution in [2.75, 3.05) is 6.54 Å². The minimum absolute atomic E-state index is 0.151. The Morgan fingerprint density at radius 3 is 2.79 bits per heavy atom. The van der Waals surface area contributed by atoms with Crippen molar-refractivity contribution < 1.29 is 4.74 Å². The zero-order chi connectivity index (χ0) is 19.8. The van der Waals surface area contributed by atoms with Crippen molar-refractivity contribution in [3.8, 4) is 11.3 Å². The molecular formula is C24H26N4O. The standard InChI is InChI=1S/C24H26N4O/c1-17-7-9-18(10-8-17)22-15-28-14-20(29-16-24(28)26-22)12-25-11-19-13-27(2)23-6-4-3-5-21(19)23/h3-10,13,15,20,25H,11-12,14,16H2,1-2H3. The third kappa shape index (κ3) is 3.59. The van der Waals surface area contributed by atoms with Gasteiger partial charge < -0.3 is 19.2 Å². The molecule has 1 aliphatic heterocycles. The fraction of sp³-hybridized carbons (Fsp3) is 0.292. The predicted molar refractivity (Wildman–Crippen MR) is 116 cm³/mol. The van der Waals surface area contributed by atoms with Gasteiger partial charge in [0.25, 0.3) is 0 Å². The van der Waals surface area contributed by atoms with Crippen LogP contribution in [0.2, 0.25) is 0 Å². The van der Waals surface area contributed by atoms with Crippen LogP contribution >= 0.6 is 0 Å². The molecule has 2 aromatic heterocycles. The second kappa shape index (κ2) is 7.50. The lowest BCUT2D eigenvalue weighted by Gasteiger charge is -2.24. The third-order valence-corrected chi connectivity index (χ3v) is 5.72. The van der Waals surface area contributed by atoms with Gasteiger partial charge in [0, 0.05) is 49.0 Å². The van der Waals surface area contributed by atoms with Crippen LogP contribution in [0.1, 0.15) is 17.0 Å². The van der Waals surface area contributed by atoms with Crippen molar-refractivity contribution in [3.63, 3.8) is 0 Å². The molecule has 0 spiro atoms. The maximum absolute atomic E-state index is 6.05. The van der Waals surface area contributed by atoms with E-state index in [0.29, 0.717) is 6.61 Å². The molecule has 29 heavy (non-hydrogen) atoms. The summed E-state index contributed by atoms with van der Waals surface area (Å²) >= 11 is 0. The summed E-state index contributed by atoms with van der Waals surface area (Å²) in [6, 6.07) is 17.1. The average Bonchev–Trinajstić information content (AvgIpc) is 3.30. The van der Waals surface area contributed by atoms with Gasteiger partial charge in [0.1, 0.15) is 12.4 Å².